The van der Waals surface area contributed by atoms with E-state index in [1.54, 1.807) is 24.3 Å². The minimum absolute atomic E-state index is 0.132. The van der Waals surface area contributed by atoms with Gasteiger partial charge in [0, 0.05) is 11.9 Å². The second-order valence-corrected chi connectivity index (χ2v) is 6.51. The van der Waals surface area contributed by atoms with Crippen LogP contribution in [0.4, 0.5) is 0 Å². The average Bonchev–Trinajstić information content (AvgIpc) is 2.68. The molecule has 6 nitrogen and oxygen atoms in total. The van der Waals surface area contributed by atoms with Gasteiger partial charge in [-0.05, 0) is 38.5 Å². The maximum Gasteiger partial charge on any atom is 0.274 e. The molecule has 0 aliphatic heterocycles. The van der Waals surface area contributed by atoms with Gasteiger partial charge in [-0.1, -0.05) is 36.4 Å². The Bertz CT molecular complexity index is 981. The Hall–Kier alpha value is -3.15. The highest BCUT2D eigenvalue weighted by Crippen LogP contribution is 2.14. The van der Waals surface area contributed by atoms with E-state index >= 15 is 0 Å². The first-order valence-electron chi connectivity index (χ1n) is 9.05. The van der Waals surface area contributed by atoms with Crippen LogP contribution < -0.4 is 15.6 Å². The number of aromatic nitrogens is 2. The third kappa shape index (κ3) is 4.34. The summed E-state index contributed by atoms with van der Waals surface area (Å²) in [4.78, 5) is 25.2. The topological polar surface area (TPSA) is 73.2 Å². The highest BCUT2D eigenvalue weighted by Gasteiger charge is 2.17. The molecule has 6 heteroatoms. The highest BCUT2D eigenvalue weighted by atomic mass is 16.5. The summed E-state index contributed by atoms with van der Waals surface area (Å²) in [5.74, 6) is 0.515. The van der Waals surface area contributed by atoms with Gasteiger partial charge in [-0.3, -0.25) is 9.59 Å². The fraction of sp³-hybridized carbons (Fsp3) is 0.286. The highest BCUT2D eigenvalue weighted by molar-refractivity contribution is 6.04. The summed E-state index contributed by atoms with van der Waals surface area (Å²) in [5, 5.41) is 8.24. The summed E-state index contributed by atoms with van der Waals surface area (Å²) in [6, 6.07) is 16.5. The van der Waals surface area contributed by atoms with E-state index in [1.165, 1.54) is 4.68 Å². The molecule has 2 aromatic carbocycles. The number of nitrogens with one attached hydrogen (secondary N) is 1. The molecule has 0 spiro atoms. The van der Waals surface area contributed by atoms with Gasteiger partial charge in [0.15, 0.2) is 5.69 Å². The Morgan fingerprint density at radius 2 is 1.74 bits per heavy atom. The fourth-order valence-electron chi connectivity index (χ4n) is 2.79. The molecule has 0 atom stereocenters. The van der Waals surface area contributed by atoms with Gasteiger partial charge in [-0.15, -0.1) is 0 Å². The first kappa shape index (κ1) is 18.6. The van der Waals surface area contributed by atoms with Gasteiger partial charge in [-0.25, -0.2) is 4.68 Å². The maximum atomic E-state index is 12.6. The van der Waals surface area contributed by atoms with Crippen LogP contribution in [0.15, 0.2) is 59.4 Å². The molecule has 1 N–H and O–H groups in total. The summed E-state index contributed by atoms with van der Waals surface area (Å²) in [5.41, 5.74) is 0.0799. The molecule has 27 heavy (non-hydrogen) atoms. The lowest BCUT2D eigenvalue weighted by molar-refractivity contribution is 0.0945. The molecule has 3 rings (SSSR count). The molecular formula is C21H23N3O3. The van der Waals surface area contributed by atoms with E-state index in [0.29, 0.717) is 30.3 Å². The van der Waals surface area contributed by atoms with E-state index < -0.39 is 0 Å². The first-order valence-corrected chi connectivity index (χ1v) is 9.05. The Kier molecular flexibility index (Phi) is 5.86. The van der Waals surface area contributed by atoms with Crippen LogP contribution in [0, 0.1) is 0 Å². The number of fused-ring (bicyclic) bond motifs is 1. The molecule has 0 aliphatic carbocycles. The van der Waals surface area contributed by atoms with Crippen LogP contribution in [0.3, 0.4) is 0 Å². The predicted molar refractivity (Wildman–Crippen MR) is 105 cm³/mol. The van der Waals surface area contributed by atoms with Crippen LogP contribution in [0.1, 0.15) is 36.8 Å². The molecule has 1 aromatic heterocycles. The lowest BCUT2D eigenvalue weighted by atomic mass is 10.1. The molecular weight excluding hydrogens is 342 g/mol. The quantitative estimate of drug-likeness (QED) is 0.653. The molecule has 0 aliphatic rings. The summed E-state index contributed by atoms with van der Waals surface area (Å²) < 4.78 is 6.97. The van der Waals surface area contributed by atoms with E-state index in [-0.39, 0.29) is 23.2 Å². The largest absolute Gasteiger partial charge is 0.494 e. The van der Waals surface area contributed by atoms with Crippen LogP contribution in [-0.2, 0) is 0 Å². The smallest absolute Gasteiger partial charge is 0.274 e. The zero-order valence-electron chi connectivity index (χ0n) is 15.5. The van der Waals surface area contributed by atoms with Crippen LogP contribution in [0.25, 0.3) is 10.8 Å². The number of carbonyl (C=O) groups is 1. The number of benzene rings is 2. The average molecular weight is 365 g/mol. The Morgan fingerprint density at radius 3 is 2.44 bits per heavy atom. The van der Waals surface area contributed by atoms with Crippen LogP contribution in [0.2, 0.25) is 0 Å². The second kappa shape index (κ2) is 8.49. The Balaban J connectivity index is 1.68. The van der Waals surface area contributed by atoms with Gasteiger partial charge in [0.25, 0.3) is 11.5 Å². The van der Waals surface area contributed by atoms with Crippen molar-refractivity contribution in [1.82, 2.24) is 15.1 Å². The van der Waals surface area contributed by atoms with Gasteiger partial charge >= 0.3 is 0 Å². The molecule has 1 heterocycles. The monoisotopic (exact) mass is 365 g/mol. The van der Waals surface area contributed by atoms with Crippen molar-refractivity contribution in [3.05, 3.63) is 70.6 Å². The Labute approximate surface area is 157 Å². The number of carbonyl (C=O) groups excluding carboxylic acids is 1. The van der Waals surface area contributed by atoms with Crippen molar-refractivity contribution in [2.24, 2.45) is 0 Å². The number of hydrogen-bond acceptors (Lipinski definition) is 4. The van der Waals surface area contributed by atoms with Crippen molar-refractivity contribution in [3.63, 3.8) is 0 Å². The Morgan fingerprint density at radius 1 is 1.07 bits per heavy atom. The van der Waals surface area contributed by atoms with Crippen LogP contribution in [0.5, 0.6) is 5.75 Å². The SMILES string of the molecule is CC(C)n1nc(C(=O)NCCCOc2ccccc2)c2ccccc2c1=O. The first-order chi connectivity index (χ1) is 13.1. The van der Waals surface area contributed by atoms with E-state index in [9.17, 15) is 9.59 Å². The normalized spacial score (nSPS) is 10.9. The molecule has 3 aromatic rings. The van der Waals surface area contributed by atoms with E-state index in [0.717, 1.165) is 5.75 Å². The van der Waals surface area contributed by atoms with Crippen molar-refractivity contribution in [2.75, 3.05) is 13.2 Å². The summed E-state index contributed by atoms with van der Waals surface area (Å²) >= 11 is 0. The zero-order chi connectivity index (χ0) is 19.2. The van der Waals surface area contributed by atoms with Crippen molar-refractivity contribution in [3.8, 4) is 5.75 Å². The third-order valence-electron chi connectivity index (χ3n) is 4.15. The van der Waals surface area contributed by atoms with Gasteiger partial charge in [0.1, 0.15) is 5.75 Å². The van der Waals surface area contributed by atoms with Crippen LogP contribution >= 0.6 is 0 Å². The zero-order valence-corrected chi connectivity index (χ0v) is 15.5. The minimum atomic E-state index is -0.291. The maximum absolute atomic E-state index is 12.6. The summed E-state index contributed by atoms with van der Waals surface area (Å²) in [6.07, 6.45) is 0.669. The molecule has 1 amide bonds. The second-order valence-electron chi connectivity index (χ2n) is 6.51. The number of hydrogen-bond donors (Lipinski definition) is 1. The number of nitrogens with zero attached hydrogens (tertiary/aromatic N) is 2. The molecule has 0 bridgehead atoms. The minimum Gasteiger partial charge on any atom is -0.494 e. The summed E-state index contributed by atoms with van der Waals surface area (Å²) in [6.45, 7) is 4.70. The molecule has 0 fully saturated rings. The van der Waals surface area contributed by atoms with Crippen molar-refractivity contribution < 1.29 is 9.53 Å². The third-order valence-corrected chi connectivity index (χ3v) is 4.15. The number of amides is 1. The molecule has 0 radical (unpaired) electrons. The molecule has 0 unspecified atom stereocenters. The van der Waals surface area contributed by atoms with Crippen molar-refractivity contribution >= 4 is 16.7 Å². The lowest BCUT2D eigenvalue weighted by Gasteiger charge is -2.13. The van der Waals surface area contributed by atoms with E-state index in [2.05, 4.69) is 10.4 Å². The van der Waals surface area contributed by atoms with Gasteiger partial charge < -0.3 is 10.1 Å². The number of ether oxygens (including phenoxy) is 1. The summed E-state index contributed by atoms with van der Waals surface area (Å²) in [7, 11) is 0. The molecule has 0 saturated carbocycles. The number of rotatable bonds is 7. The molecule has 0 saturated heterocycles. The fourth-order valence-corrected chi connectivity index (χ4v) is 2.79. The number of para-hydroxylation sites is 1. The standard InChI is InChI=1S/C21H23N3O3/c1-15(2)24-21(26)18-12-7-6-11-17(18)19(23-24)20(25)22-13-8-14-27-16-9-4-3-5-10-16/h3-7,9-12,15H,8,13-14H2,1-2H3,(H,22,25). The van der Waals surface area contributed by atoms with Crippen molar-refractivity contribution in [2.45, 2.75) is 26.3 Å². The van der Waals surface area contributed by atoms with Gasteiger partial charge in [0.2, 0.25) is 0 Å². The van der Waals surface area contributed by atoms with E-state index in [4.69, 9.17) is 4.74 Å². The predicted octanol–water partition coefficient (Wildman–Crippen LogP) is 3.18. The lowest BCUT2D eigenvalue weighted by Crippen LogP contribution is -2.32. The van der Waals surface area contributed by atoms with Gasteiger partial charge in [0.05, 0.1) is 18.0 Å². The van der Waals surface area contributed by atoms with E-state index in [1.807, 2.05) is 44.2 Å². The molecule has 140 valence electrons. The van der Waals surface area contributed by atoms with Gasteiger partial charge in [-0.2, -0.15) is 5.10 Å². The van der Waals surface area contributed by atoms with Crippen LogP contribution in [-0.4, -0.2) is 28.8 Å². The van der Waals surface area contributed by atoms with Crippen molar-refractivity contribution in [1.29, 1.82) is 0 Å².